The first-order valence-corrected chi connectivity index (χ1v) is 19.5. The topological polar surface area (TPSA) is 153 Å². The van der Waals surface area contributed by atoms with Crippen LogP contribution in [0.3, 0.4) is 0 Å². The van der Waals surface area contributed by atoms with Crippen LogP contribution in [0.4, 0.5) is 4.79 Å². The van der Waals surface area contributed by atoms with Gasteiger partial charge in [-0.2, -0.15) is 0 Å². The van der Waals surface area contributed by atoms with E-state index in [-0.39, 0.29) is 0 Å². The van der Waals surface area contributed by atoms with Crippen molar-refractivity contribution in [1.29, 1.82) is 0 Å². The Morgan fingerprint density at radius 1 is 0.827 bits per heavy atom. The van der Waals surface area contributed by atoms with E-state index in [1.807, 2.05) is 24.3 Å². The van der Waals surface area contributed by atoms with Crippen molar-refractivity contribution >= 4 is 32.1 Å². The van der Waals surface area contributed by atoms with Gasteiger partial charge in [0.2, 0.25) is 11.9 Å². The van der Waals surface area contributed by atoms with Gasteiger partial charge < -0.3 is 38.3 Å². The van der Waals surface area contributed by atoms with Crippen LogP contribution in [-0.4, -0.2) is 82.5 Å². The third-order valence-electron chi connectivity index (χ3n) is 9.58. The summed E-state index contributed by atoms with van der Waals surface area (Å²) >= 11 is 0. The van der Waals surface area contributed by atoms with Crippen molar-refractivity contribution in [3.8, 4) is 17.2 Å². The van der Waals surface area contributed by atoms with Gasteiger partial charge in [0.1, 0.15) is 26.5 Å². The van der Waals surface area contributed by atoms with Gasteiger partial charge in [0.25, 0.3) is 0 Å². The summed E-state index contributed by atoms with van der Waals surface area (Å²) in [6.07, 6.45) is -7.04. The van der Waals surface area contributed by atoms with Gasteiger partial charge in [0, 0.05) is 45.4 Å². The molecule has 0 spiro atoms. The number of rotatable bonds is 13. The fourth-order valence-corrected chi connectivity index (χ4v) is 12.6. The first-order valence-electron chi connectivity index (χ1n) is 17.3. The molecular weight excluding hydrogens is 689 g/mol. The number of carbonyl (C=O) groups excluding carboxylic acids is 3. The van der Waals surface area contributed by atoms with E-state index in [0.29, 0.717) is 39.9 Å². The summed E-state index contributed by atoms with van der Waals surface area (Å²) in [5.74, 6) is -0.341. The zero-order valence-corrected chi connectivity index (χ0v) is 32.9. The first kappa shape index (κ1) is 42.0. The summed E-state index contributed by atoms with van der Waals surface area (Å²) in [5, 5.41) is 9.29. The molecule has 3 rings (SSSR count). The lowest BCUT2D eigenvalue weighted by molar-refractivity contribution is -0.367. The van der Waals surface area contributed by atoms with Gasteiger partial charge in [-0.1, -0.05) is 59.6 Å². The van der Waals surface area contributed by atoms with Crippen molar-refractivity contribution in [2.45, 2.75) is 116 Å². The number of esters is 3. The lowest BCUT2D eigenvalue weighted by Crippen LogP contribution is -2.67. The normalized spacial score (nSPS) is 21.6. The Balaban J connectivity index is 2.13. The third-order valence-corrected chi connectivity index (χ3v) is 15.9. The molecule has 13 heteroatoms. The van der Waals surface area contributed by atoms with Gasteiger partial charge in [0.15, 0.2) is 12.2 Å². The van der Waals surface area contributed by atoms with Crippen LogP contribution in [0, 0.1) is 11.5 Å². The van der Waals surface area contributed by atoms with Crippen LogP contribution in [-0.2, 0) is 55.0 Å². The highest BCUT2D eigenvalue weighted by molar-refractivity contribution is 6.90. The van der Waals surface area contributed by atoms with Crippen LogP contribution in [0.5, 0.6) is 5.75 Å². The molecule has 5 atom stereocenters. The molecule has 2 aromatic carbocycles. The number of ether oxygens (including phenoxy) is 7. The first-order chi connectivity index (χ1) is 24.4. The minimum Gasteiger partial charge on any atom is -0.496 e. The van der Waals surface area contributed by atoms with E-state index < -0.39 is 68.9 Å². The maximum Gasteiger partial charge on any atom is 0.505 e. The van der Waals surface area contributed by atoms with E-state index in [1.165, 1.54) is 14.2 Å². The zero-order valence-electron chi connectivity index (χ0n) is 31.9. The lowest BCUT2D eigenvalue weighted by atomic mass is 9.86. The number of carboxylic acid groups (broad SMARTS) is 1. The van der Waals surface area contributed by atoms with Gasteiger partial charge in [-0.15, -0.1) is 5.54 Å². The van der Waals surface area contributed by atoms with E-state index in [2.05, 4.69) is 53.0 Å². The molecule has 0 radical (unpaired) electrons. The lowest BCUT2D eigenvalue weighted by Gasteiger charge is -2.50. The average Bonchev–Trinajstić information content (AvgIpc) is 3.05. The molecule has 1 aliphatic rings. The van der Waals surface area contributed by atoms with Crippen molar-refractivity contribution < 1.29 is 57.4 Å². The average molecular weight is 741 g/mol. The maximum atomic E-state index is 12.5. The Morgan fingerprint density at radius 2 is 1.38 bits per heavy atom. The smallest absolute Gasteiger partial charge is 0.496 e. The molecule has 52 heavy (non-hydrogen) atoms. The van der Waals surface area contributed by atoms with Gasteiger partial charge in [0.05, 0.1) is 7.11 Å². The minimum absolute atomic E-state index is 0.315. The highest BCUT2D eigenvalue weighted by Crippen LogP contribution is 2.45. The Bertz CT molecular complexity index is 1620. The Labute approximate surface area is 307 Å². The Morgan fingerprint density at radius 3 is 1.87 bits per heavy atom. The van der Waals surface area contributed by atoms with Crippen LogP contribution < -0.4 is 4.74 Å². The number of hydrogen-bond acceptors (Lipinski definition) is 11. The second-order valence-electron chi connectivity index (χ2n) is 13.8. The van der Waals surface area contributed by atoms with E-state index in [1.54, 1.807) is 18.2 Å². The zero-order chi connectivity index (χ0) is 39.0. The predicted octanol–water partition coefficient (Wildman–Crippen LogP) is 6.54. The van der Waals surface area contributed by atoms with Crippen LogP contribution in [0.1, 0.15) is 84.6 Å². The molecule has 0 aliphatic carbocycles. The Hall–Kier alpha value is -4.38. The molecular formula is C39H52O12Si. The number of benzene rings is 2. The molecule has 2 aromatic rings. The third kappa shape index (κ3) is 9.53. The molecule has 1 fully saturated rings. The monoisotopic (exact) mass is 740 g/mol. The molecule has 284 valence electrons. The molecule has 0 amide bonds. The van der Waals surface area contributed by atoms with Gasteiger partial charge in [-0.3, -0.25) is 14.4 Å². The number of methoxy groups -OCH3 is 2. The minimum atomic E-state index is -2.00. The summed E-state index contributed by atoms with van der Waals surface area (Å²) in [6.45, 7) is 16.4. The molecule has 1 aliphatic heterocycles. The summed E-state index contributed by atoms with van der Waals surface area (Å²) in [4.78, 5) is 48.5. The fraction of sp³-hybridized carbons (Fsp3) is 0.538. The van der Waals surface area contributed by atoms with Crippen LogP contribution in [0.25, 0.3) is 0 Å². The van der Waals surface area contributed by atoms with E-state index >= 15 is 0 Å². The van der Waals surface area contributed by atoms with Crippen LogP contribution in [0.2, 0.25) is 16.6 Å². The van der Waals surface area contributed by atoms with Gasteiger partial charge in [-0.05, 0) is 58.1 Å². The number of hydrogen-bond donors (Lipinski definition) is 1. The molecule has 1 unspecified atom stereocenters. The molecule has 1 heterocycles. The molecule has 0 bridgehead atoms. The fourth-order valence-electron chi connectivity index (χ4n) is 7.41. The van der Waals surface area contributed by atoms with Crippen molar-refractivity contribution in [2.75, 3.05) is 20.8 Å². The molecule has 12 nitrogen and oxygen atoms in total. The van der Waals surface area contributed by atoms with Crippen molar-refractivity contribution in [1.82, 2.24) is 0 Å². The van der Waals surface area contributed by atoms with E-state index in [9.17, 15) is 24.3 Å². The summed E-state index contributed by atoms with van der Waals surface area (Å²) in [5.41, 5.74) is 8.20. The summed E-state index contributed by atoms with van der Waals surface area (Å²) in [7, 11) is 0.920. The highest BCUT2D eigenvalue weighted by atomic mass is 28.3. The number of carbonyl (C=O) groups is 4. The SMILES string of the molecule is COc1ccc(C2(OC)O[C@H](COC(=O)O)[C@@H](OC(C)=O)[C@H](OC(C)=O)[C@H]2OC(C)=O)cc1Cc1ccc(C#C[Si](C(C)C)(C(C)C)C(C)C)cc1. The van der Waals surface area contributed by atoms with E-state index in [4.69, 9.17) is 33.2 Å². The van der Waals surface area contributed by atoms with Crippen LogP contribution >= 0.6 is 0 Å². The standard InChI is InChI=1S/C39H52O12Si/c1-23(2)52(24(3)4,25(5)6)19-18-29-12-14-30(15-13-29)20-31-21-32(16-17-33(31)45-10)39(46-11)37(50-28(9)42)36(49-27(8)41)35(48-26(7)40)34(51-39)22-47-38(43)44/h12-17,21,23-25,34-37H,20,22H2,1-11H3,(H,43,44)/t34-,35-,36+,37-,39?/m1/s1. The van der Waals surface area contributed by atoms with Crippen molar-refractivity contribution in [3.63, 3.8) is 0 Å². The molecule has 0 saturated carbocycles. The second-order valence-corrected chi connectivity index (χ2v) is 19.4. The van der Waals surface area contributed by atoms with E-state index in [0.717, 1.165) is 31.9 Å². The van der Waals surface area contributed by atoms with Crippen LogP contribution in [0.15, 0.2) is 42.5 Å². The van der Waals surface area contributed by atoms with Gasteiger partial charge in [-0.25, -0.2) is 4.79 Å². The van der Waals surface area contributed by atoms with Crippen molar-refractivity contribution in [3.05, 3.63) is 64.7 Å². The Kier molecular flexibility index (Phi) is 14.5. The molecule has 0 aromatic heterocycles. The van der Waals surface area contributed by atoms with Crippen molar-refractivity contribution in [2.24, 2.45) is 0 Å². The second kappa shape index (κ2) is 17.9. The molecule has 1 N–H and O–H groups in total. The molecule has 1 saturated heterocycles. The quantitative estimate of drug-likeness (QED) is 0.103. The predicted molar refractivity (Wildman–Crippen MR) is 194 cm³/mol. The largest absolute Gasteiger partial charge is 0.505 e. The highest BCUT2D eigenvalue weighted by Gasteiger charge is 2.61. The maximum absolute atomic E-state index is 12.5. The summed E-state index contributed by atoms with van der Waals surface area (Å²) < 4.78 is 39.7. The van der Waals surface area contributed by atoms with Gasteiger partial charge >= 0.3 is 24.1 Å². The summed E-state index contributed by atoms with van der Waals surface area (Å²) in [6, 6.07) is 13.1.